The predicted octanol–water partition coefficient (Wildman–Crippen LogP) is 0.0165. The average Bonchev–Trinajstić information content (AvgIpc) is 2.39. The van der Waals surface area contributed by atoms with Crippen molar-refractivity contribution < 1.29 is 17.9 Å². The molecular formula is C11H17N3O4S. The molecule has 8 heteroatoms. The van der Waals surface area contributed by atoms with E-state index < -0.39 is 16.0 Å². The minimum absolute atomic E-state index is 0.103. The van der Waals surface area contributed by atoms with Crippen molar-refractivity contribution in [3.05, 3.63) is 23.8 Å². The van der Waals surface area contributed by atoms with E-state index in [0.717, 1.165) is 0 Å². The van der Waals surface area contributed by atoms with Crippen LogP contribution in [0.15, 0.2) is 18.2 Å². The summed E-state index contributed by atoms with van der Waals surface area (Å²) in [4.78, 5) is 11.6. The van der Waals surface area contributed by atoms with Crippen molar-refractivity contribution in [3.8, 4) is 0 Å². The number of rotatable bonds is 6. The van der Waals surface area contributed by atoms with Gasteiger partial charge in [-0.3, -0.25) is 0 Å². The first-order valence-corrected chi connectivity index (χ1v) is 7.18. The van der Waals surface area contributed by atoms with E-state index >= 15 is 0 Å². The van der Waals surface area contributed by atoms with Crippen molar-refractivity contribution in [3.63, 3.8) is 0 Å². The molecule has 1 rings (SSSR count). The lowest BCUT2D eigenvalue weighted by atomic mass is 10.1. The summed E-state index contributed by atoms with van der Waals surface area (Å²) in [5.74, 6) is -0.639. The molecule has 0 bridgehead atoms. The topological polar surface area (TPSA) is 111 Å². The zero-order valence-electron chi connectivity index (χ0n) is 10.8. The lowest BCUT2D eigenvalue weighted by molar-refractivity contribution is 0.0602. The van der Waals surface area contributed by atoms with E-state index in [9.17, 15) is 13.2 Å². The molecule has 0 fully saturated rings. The van der Waals surface area contributed by atoms with Crippen molar-refractivity contribution >= 4 is 27.4 Å². The number of carbonyl (C=O) groups is 1. The van der Waals surface area contributed by atoms with Crippen LogP contribution in [-0.2, 0) is 14.8 Å². The van der Waals surface area contributed by atoms with Crippen LogP contribution in [0, 0.1) is 0 Å². The normalized spacial score (nSPS) is 11.1. The van der Waals surface area contributed by atoms with Crippen molar-refractivity contribution in [2.45, 2.75) is 0 Å². The van der Waals surface area contributed by atoms with E-state index in [1.54, 1.807) is 12.1 Å². The van der Waals surface area contributed by atoms with Crippen molar-refractivity contribution in [2.75, 3.05) is 37.5 Å². The van der Waals surface area contributed by atoms with Crippen LogP contribution >= 0.6 is 0 Å². The molecule has 0 radical (unpaired) electrons. The van der Waals surface area contributed by atoms with E-state index in [0.29, 0.717) is 11.4 Å². The number of hydrogen-bond acceptors (Lipinski definition) is 6. The van der Waals surface area contributed by atoms with Gasteiger partial charge in [-0.2, -0.15) is 0 Å². The molecule has 0 saturated carbocycles. The van der Waals surface area contributed by atoms with Crippen molar-refractivity contribution in [1.29, 1.82) is 0 Å². The fourth-order valence-corrected chi connectivity index (χ4v) is 1.99. The van der Waals surface area contributed by atoms with Crippen LogP contribution in [0.25, 0.3) is 0 Å². The first-order valence-electron chi connectivity index (χ1n) is 5.52. The average molecular weight is 287 g/mol. The second-order valence-corrected chi connectivity index (χ2v) is 5.79. The molecule has 0 aromatic heterocycles. The molecule has 0 aliphatic carbocycles. The molecule has 0 heterocycles. The summed E-state index contributed by atoms with van der Waals surface area (Å²) in [6.07, 6.45) is 0. The molecule has 19 heavy (non-hydrogen) atoms. The maximum Gasteiger partial charge on any atom is 0.340 e. The number of hydrogen-bond donors (Lipinski definition) is 3. The quantitative estimate of drug-likeness (QED) is 0.502. The Morgan fingerprint density at radius 2 is 2.11 bits per heavy atom. The number of ether oxygens (including phenoxy) is 1. The van der Waals surface area contributed by atoms with Gasteiger partial charge in [0.25, 0.3) is 0 Å². The number of anilines is 2. The van der Waals surface area contributed by atoms with Crippen LogP contribution in [-0.4, -0.2) is 40.8 Å². The molecule has 106 valence electrons. The minimum Gasteiger partial charge on any atom is -0.465 e. The fourth-order valence-electron chi connectivity index (χ4n) is 1.42. The van der Waals surface area contributed by atoms with Crippen LogP contribution in [0.2, 0.25) is 0 Å². The molecule has 1 aromatic rings. The maximum atomic E-state index is 11.6. The monoisotopic (exact) mass is 287 g/mol. The van der Waals surface area contributed by atoms with Gasteiger partial charge in [0.2, 0.25) is 10.0 Å². The van der Waals surface area contributed by atoms with Gasteiger partial charge in [-0.15, -0.1) is 0 Å². The highest BCUT2D eigenvalue weighted by Gasteiger charge is 2.13. The molecule has 0 amide bonds. The lowest BCUT2D eigenvalue weighted by Gasteiger charge is -2.11. The van der Waals surface area contributed by atoms with E-state index in [-0.39, 0.29) is 17.9 Å². The van der Waals surface area contributed by atoms with Gasteiger partial charge in [-0.1, -0.05) is 0 Å². The summed E-state index contributed by atoms with van der Waals surface area (Å²) in [6.45, 7) is 0.164. The molecule has 0 saturated heterocycles. The summed E-state index contributed by atoms with van der Waals surface area (Å²) in [5, 5.41) is 2.87. The Labute approximate surface area is 112 Å². The predicted molar refractivity (Wildman–Crippen MR) is 73.5 cm³/mol. The highest BCUT2D eigenvalue weighted by atomic mass is 32.2. The Morgan fingerprint density at radius 3 is 2.68 bits per heavy atom. The number of benzene rings is 1. The summed E-state index contributed by atoms with van der Waals surface area (Å²) in [7, 11) is -0.680. The number of nitrogen functional groups attached to an aromatic ring is 1. The van der Waals surface area contributed by atoms with Gasteiger partial charge in [0.05, 0.1) is 18.4 Å². The summed E-state index contributed by atoms with van der Waals surface area (Å²) in [5.41, 5.74) is 6.77. The van der Waals surface area contributed by atoms with E-state index in [1.165, 1.54) is 20.2 Å². The molecule has 4 N–H and O–H groups in total. The second-order valence-electron chi connectivity index (χ2n) is 3.75. The van der Waals surface area contributed by atoms with Crippen LogP contribution in [0.4, 0.5) is 11.4 Å². The Hall–Kier alpha value is -1.80. The smallest absolute Gasteiger partial charge is 0.340 e. The third-order valence-corrected chi connectivity index (χ3v) is 3.81. The number of esters is 1. The summed E-state index contributed by atoms with van der Waals surface area (Å²) >= 11 is 0. The highest BCUT2D eigenvalue weighted by molar-refractivity contribution is 7.89. The minimum atomic E-state index is -3.29. The highest BCUT2D eigenvalue weighted by Crippen LogP contribution is 2.19. The Kier molecular flexibility index (Phi) is 5.13. The van der Waals surface area contributed by atoms with E-state index in [1.807, 2.05) is 0 Å². The molecule has 0 atom stereocenters. The molecule has 1 aromatic carbocycles. The molecule has 0 aliphatic rings. The van der Waals surface area contributed by atoms with E-state index in [2.05, 4.69) is 14.8 Å². The SMILES string of the molecule is CNS(=O)(=O)CCNc1ccc(N)cc1C(=O)OC. The largest absolute Gasteiger partial charge is 0.465 e. The van der Waals surface area contributed by atoms with Gasteiger partial charge >= 0.3 is 5.97 Å². The van der Waals surface area contributed by atoms with Crippen molar-refractivity contribution in [2.24, 2.45) is 0 Å². The molecule has 0 unspecified atom stereocenters. The first kappa shape index (κ1) is 15.3. The number of methoxy groups -OCH3 is 1. The molecule has 7 nitrogen and oxygen atoms in total. The zero-order valence-corrected chi connectivity index (χ0v) is 11.6. The molecule has 0 aliphatic heterocycles. The zero-order chi connectivity index (χ0) is 14.5. The number of sulfonamides is 1. The number of nitrogens with one attached hydrogen (secondary N) is 2. The third kappa shape index (κ3) is 4.42. The van der Waals surface area contributed by atoms with Gasteiger partial charge < -0.3 is 15.8 Å². The Bertz CT molecular complexity index is 557. The molecular weight excluding hydrogens is 270 g/mol. The fraction of sp³-hybridized carbons (Fsp3) is 0.364. The number of nitrogens with two attached hydrogens (primary N) is 1. The second kappa shape index (κ2) is 6.39. The van der Waals surface area contributed by atoms with Gasteiger partial charge in [-0.05, 0) is 25.2 Å². The van der Waals surface area contributed by atoms with Crippen LogP contribution < -0.4 is 15.8 Å². The van der Waals surface area contributed by atoms with Gasteiger partial charge in [0.1, 0.15) is 0 Å². The van der Waals surface area contributed by atoms with Crippen LogP contribution in [0.5, 0.6) is 0 Å². The Balaban J connectivity index is 2.81. The maximum absolute atomic E-state index is 11.6. The van der Waals surface area contributed by atoms with Crippen LogP contribution in [0.1, 0.15) is 10.4 Å². The van der Waals surface area contributed by atoms with Gasteiger partial charge in [-0.25, -0.2) is 17.9 Å². The molecule has 0 spiro atoms. The van der Waals surface area contributed by atoms with Crippen molar-refractivity contribution in [1.82, 2.24) is 4.72 Å². The lowest BCUT2D eigenvalue weighted by Crippen LogP contribution is -2.26. The Morgan fingerprint density at radius 1 is 1.42 bits per heavy atom. The number of carbonyl (C=O) groups excluding carboxylic acids is 1. The summed E-state index contributed by atoms with van der Waals surface area (Å²) in [6, 6.07) is 4.69. The summed E-state index contributed by atoms with van der Waals surface area (Å²) < 4.78 is 29.4. The van der Waals surface area contributed by atoms with E-state index in [4.69, 9.17) is 5.73 Å². The standard InChI is InChI=1S/C11H17N3O4S/c1-13-19(16,17)6-5-14-10-4-3-8(12)7-9(10)11(15)18-2/h3-4,7,13-14H,5-6,12H2,1-2H3. The van der Waals surface area contributed by atoms with Gasteiger partial charge in [0, 0.05) is 17.9 Å². The van der Waals surface area contributed by atoms with Gasteiger partial charge in [0.15, 0.2) is 0 Å². The first-order chi connectivity index (χ1) is 8.89. The third-order valence-electron chi connectivity index (χ3n) is 2.45. The van der Waals surface area contributed by atoms with Crippen LogP contribution in [0.3, 0.4) is 0 Å².